The van der Waals surface area contributed by atoms with Crippen LogP contribution in [0.5, 0.6) is 0 Å². The first-order chi connectivity index (χ1) is 44.0. The number of hydrogen-bond acceptors (Lipinski definition) is 12. The van der Waals surface area contributed by atoms with Crippen LogP contribution in [0.3, 0.4) is 0 Å². The first kappa shape index (κ1) is 75.3. The molecule has 5 fully saturated rings. The van der Waals surface area contributed by atoms with Crippen LogP contribution in [0.15, 0.2) is 30.3 Å². The van der Waals surface area contributed by atoms with Crippen LogP contribution in [0.2, 0.25) is 0 Å². The van der Waals surface area contributed by atoms with Crippen LogP contribution in [0.1, 0.15) is 182 Å². The number of rotatable bonds is 11. The number of likely N-dealkylation sites (N-methyl/N-ethyl adjacent to an activating group) is 7. The van der Waals surface area contributed by atoms with Crippen LogP contribution < -0.4 is 5.32 Å². The standard InChI is InChI=1S/C71H112N10O12/c1-14-49(6)54-42-59(83)56(39-47(2)3)76(10)60(84)43-58(68(91)80-36-24-17-25-37-80)78(12)69(92)63(48(4)5)79(13)70(93)71(34-22-23-35-71)72-64(87)55-31-26-38-81(55)65(88)52(33-32-50-27-18-15-19-28-50)41-53(82)44-74(8)67(90)57(40-51-29-20-16-21-30-51)77(11)62(86)46-73(7)61(85)45-75(9)66(54)89/h15,18-19,27-28,47-49,51-52,54-58,63H,14,16-17,20-26,29-46H2,1-13H3,(H,72,87)/t49-,52+,54-,55-,56-,57-,58-,63-/m0/s1. The Bertz CT molecular complexity index is 2790. The summed E-state index contributed by atoms with van der Waals surface area (Å²) in [7, 11) is 10.4. The van der Waals surface area contributed by atoms with Crippen molar-refractivity contribution in [1.82, 2.24) is 49.4 Å². The molecule has 1 aromatic rings. The van der Waals surface area contributed by atoms with Gasteiger partial charge in [0.1, 0.15) is 29.7 Å². The summed E-state index contributed by atoms with van der Waals surface area (Å²) in [6, 6.07) is 4.03. The Morgan fingerprint density at radius 2 is 1.18 bits per heavy atom. The summed E-state index contributed by atoms with van der Waals surface area (Å²) in [6.45, 7) is 11.0. The van der Waals surface area contributed by atoms with E-state index in [0.717, 1.165) is 56.9 Å². The monoisotopic (exact) mass is 1300 g/mol. The summed E-state index contributed by atoms with van der Waals surface area (Å²) in [6.07, 6.45) is 10.3. The molecule has 6 rings (SSSR count). The third kappa shape index (κ3) is 19.5. The minimum Gasteiger partial charge on any atom is -0.341 e. The Morgan fingerprint density at radius 1 is 0.581 bits per heavy atom. The molecule has 1 N–H and O–H groups in total. The van der Waals surface area contributed by atoms with E-state index >= 15 is 14.4 Å². The van der Waals surface area contributed by atoms with Crippen molar-refractivity contribution in [2.24, 2.45) is 35.5 Å². The molecule has 5 aliphatic rings. The summed E-state index contributed by atoms with van der Waals surface area (Å²) in [5.74, 6) is -8.53. The Labute approximate surface area is 553 Å². The first-order valence-corrected chi connectivity index (χ1v) is 34.8. The minimum absolute atomic E-state index is 0.105. The van der Waals surface area contributed by atoms with Gasteiger partial charge < -0.3 is 49.4 Å². The molecular formula is C71H112N10O12. The van der Waals surface area contributed by atoms with Crippen molar-refractivity contribution in [2.45, 2.75) is 219 Å². The molecule has 1 spiro atoms. The molecule has 8 atom stereocenters. The Morgan fingerprint density at radius 3 is 1.80 bits per heavy atom. The zero-order valence-corrected chi connectivity index (χ0v) is 58.5. The number of fused-ring (bicyclic) bond motifs is 1. The highest BCUT2D eigenvalue weighted by Crippen LogP contribution is 2.36. The average molecular weight is 1300 g/mol. The average Bonchev–Trinajstić information content (AvgIpc) is 1.77. The van der Waals surface area contributed by atoms with Crippen molar-refractivity contribution in [3.05, 3.63) is 35.9 Å². The Kier molecular flexibility index (Phi) is 28.0. The van der Waals surface area contributed by atoms with E-state index in [2.05, 4.69) is 5.32 Å². The number of aryl methyl sites for hydroxylation is 1. The highest BCUT2D eigenvalue weighted by Gasteiger charge is 2.50. The van der Waals surface area contributed by atoms with Crippen molar-refractivity contribution in [3.8, 4) is 0 Å². The predicted octanol–water partition coefficient (Wildman–Crippen LogP) is 6.01. The third-order valence-corrected chi connectivity index (χ3v) is 21.0. The summed E-state index contributed by atoms with van der Waals surface area (Å²) in [5.41, 5.74) is -0.513. The third-order valence-electron chi connectivity index (χ3n) is 21.0. The molecule has 0 bridgehead atoms. The fraction of sp³-hybridized carbons (Fsp3) is 0.746. The van der Waals surface area contributed by atoms with E-state index in [9.17, 15) is 43.2 Å². The number of nitrogens with one attached hydrogen (secondary N) is 1. The van der Waals surface area contributed by atoms with Crippen molar-refractivity contribution < 1.29 is 57.5 Å². The number of carbonyl (C=O) groups is 12. The van der Waals surface area contributed by atoms with Gasteiger partial charge in [-0.1, -0.05) is 123 Å². The second-order valence-electron chi connectivity index (χ2n) is 28.8. The maximum Gasteiger partial charge on any atom is 0.248 e. The lowest BCUT2D eigenvalue weighted by Crippen LogP contribution is -2.64. The largest absolute Gasteiger partial charge is 0.341 e. The number of Topliss-reactive ketones (excluding diaryl/α,β-unsaturated/α-hetero) is 2. The molecule has 2 saturated carbocycles. The van der Waals surface area contributed by atoms with E-state index in [-0.39, 0.29) is 80.9 Å². The molecule has 0 aromatic heterocycles. The van der Waals surface area contributed by atoms with E-state index in [4.69, 9.17) is 0 Å². The minimum atomic E-state index is -1.46. The highest BCUT2D eigenvalue weighted by molar-refractivity contribution is 6.00. The van der Waals surface area contributed by atoms with Crippen molar-refractivity contribution in [1.29, 1.82) is 0 Å². The molecule has 22 heteroatoms. The fourth-order valence-electron chi connectivity index (χ4n) is 14.9. The number of nitrogens with zero attached hydrogens (tertiary/aromatic N) is 9. The topological polar surface area (TPSA) is 246 Å². The lowest BCUT2D eigenvalue weighted by atomic mass is 9.83. The lowest BCUT2D eigenvalue weighted by molar-refractivity contribution is -0.156. The van der Waals surface area contributed by atoms with E-state index in [1.165, 1.54) is 88.5 Å². The number of carbonyl (C=O) groups excluding carboxylic acids is 12. The molecular weight excluding hydrogens is 1180 g/mol. The SMILES string of the molecule is CC[C@H](C)[C@@H]1CC(=O)[C@H](CC(C)C)N(C)C(=O)C[C@@H](C(=O)N2CCCCC2)N(C)C(=O)[C@H](C(C)C)N(C)C(=O)C2(CCCC2)NC(=O)[C@@H]2CCCN2C(=O)[C@H](CCc2ccccc2)CC(=O)CN(C)C(=O)[C@H](CC2CCCCC2)N(C)C(=O)CN(C)C(=O)CN(C)C1=O. The summed E-state index contributed by atoms with van der Waals surface area (Å²) in [4.78, 5) is 190. The van der Waals surface area contributed by atoms with Gasteiger partial charge in [-0.2, -0.15) is 0 Å². The Balaban J connectivity index is 1.40. The first-order valence-electron chi connectivity index (χ1n) is 34.8. The van der Waals surface area contributed by atoms with Crippen LogP contribution in [0.4, 0.5) is 0 Å². The van der Waals surface area contributed by atoms with Gasteiger partial charge in [-0.05, 0) is 99.9 Å². The van der Waals surface area contributed by atoms with Gasteiger partial charge in [-0.25, -0.2) is 0 Å². The number of ketones is 2. The fourth-order valence-corrected chi connectivity index (χ4v) is 14.9. The smallest absolute Gasteiger partial charge is 0.248 e. The molecule has 1 aromatic carbocycles. The van der Waals surface area contributed by atoms with Crippen LogP contribution >= 0.6 is 0 Å². The highest BCUT2D eigenvalue weighted by atomic mass is 16.2. The maximum atomic E-state index is 15.4. The van der Waals surface area contributed by atoms with Crippen LogP contribution in [0, 0.1) is 35.5 Å². The van der Waals surface area contributed by atoms with Gasteiger partial charge in [0.2, 0.25) is 59.1 Å². The lowest BCUT2D eigenvalue weighted by Gasteiger charge is -2.42. The molecule has 2 aliphatic carbocycles. The van der Waals surface area contributed by atoms with Gasteiger partial charge in [0, 0.05) is 93.6 Å². The van der Waals surface area contributed by atoms with Gasteiger partial charge in [-0.15, -0.1) is 0 Å². The number of hydrogen-bond donors (Lipinski definition) is 1. The molecule has 3 aliphatic heterocycles. The van der Waals surface area contributed by atoms with Gasteiger partial charge >= 0.3 is 0 Å². The van der Waals surface area contributed by atoms with Gasteiger partial charge in [0.05, 0.1) is 32.1 Å². The normalized spacial score (nSPS) is 26.9. The number of likely N-dealkylation sites (tertiary alicyclic amines) is 1. The predicted molar refractivity (Wildman–Crippen MR) is 354 cm³/mol. The van der Waals surface area contributed by atoms with Crippen molar-refractivity contribution in [2.75, 3.05) is 88.6 Å². The van der Waals surface area contributed by atoms with E-state index < -0.39 is 132 Å². The van der Waals surface area contributed by atoms with Gasteiger partial charge in [-0.3, -0.25) is 57.5 Å². The molecule has 0 radical (unpaired) electrons. The summed E-state index contributed by atoms with van der Waals surface area (Å²) < 4.78 is 0. The zero-order valence-electron chi connectivity index (χ0n) is 58.5. The number of piperidine rings is 1. The zero-order chi connectivity index (χ0) is 68.6. The van der Waals surface area contributed by atoms with Gasteiger partial charge in [0.25, 0.3) is 0 Å². The summed E-state index contributed by atoms with van der Waals surface area (Å²) >= 11 is 0. The van der Waals surface area contributed by atoms with E-state index in [1.54, 1.807) is 18.7 Å². The molecule has 3 heterocycles. The molecule has 22 nitrogen and oxygen atoms in total. The quantitative estimate of drug-likeness (QED) is 0.268. The van der Waals surface area contributed by atoms with Crippen LogP contribution in [-0.4, -0.2) is 239 Å². The molecule has 10 amide bonds. The van der Waals surface area contributed by atoms with Crippen LogP contribution in [0.25, 0.3) is 0 Å². The Hall–Kier alpha value is -6.74. The van der Waals surface area contributed by atoms with E-state index in [0.29, 0.717) is 58.0 Å². The van der Waals surface area contributed by atoms with E-state index in [1.807, 2.05) is 58.0 Å². The summed E-state index contributed by atoms with van der Waals surface area (Å²) in [5, 5.41) is 3.13. The molecule has 518 valence electrons. The maximum absolute atomic E-state index is 15.4. The number of benzene rings is 1. The van der Waals surface area contributed by atoms with Crippen molar-refractivity contribution in [3.63, 3.8) is 0 Å². The molecule has 93 heavy (non-hydrogen) atoms. The van der Waals surface area contributed by atoms with Gasteiger partial charge in [0.15, 0.2) is 11.6 Å². The second-order valence-corrected chi connectivity index (χ2v) is 28.8. The van der Waals surface area contributed by atoms with Crippen LogP contribution in [-0.2, 0) is 64.0 Å². The van der Waals surface area contributed by atoms with Crippen molar-refractivity contribution >= 4 is 70.6 Å². The second kappa shape index (κ2) is 34.6. The molecule has 0 unspecified atom stereocenters. The molecule has 3 saturated heterocycles. The number of amides is 10.